The average molecular weight is 719 g/mol. The first-order chi connectivity index (χ1) is 26.8. The number of ether oxygens (including phenoxy) is 2. The lowest BCUT2D eigenvalue weighted by Crippen LogP contribution is -2.50. The van der Waals surface area contributed by atoms with Gasteiger partial charge in [-0.2, -0.15) is 10.2 Å². The number of hydrogen-bond acceptors (Lipinski definition) is 9. The highest BCUT2D eigenvalue weighted by atomic mass is 19.1. The number of aliphatic hydroxyl groups excluding tert-OH is 1. The van der Waals surface area contributed by atoms with Gasteiger partial charge in [-0.25, -0.2) is 32.5 Å². The van der Waals surface area contributed by atoms with Gasteiger partial charge >= 0.3 is 5.69 Å². The van der Waals surface area contributed by atoms with Crippen LogP contribution in [0.3, 0.4) is 0 Å². The second-order valence-electron chi connectivity index (χ2n) is 13.0. The van der Waals surface area contributed by atoms with Crippen LogP contribution < -0.4 is 20.2 Å². The third-order valence-electron chi connectivity index (χ3n) is 9.54. The van der Waals surface area contributed by atoms with Crippen LogP contribution in [-0.4, -0.2) is 79.1 Å². The van der Waals surface area contributed by atoms with Gasteiger partial charge in [-0.15, -0.1) is 0 Å². The normalized spacial score (nSPS) is 21.4. The Morgan fingerprint density at radius 1 is 1.04 bits per heavy atom. The summed E-state index contributed by atoms with van der Waals surface area (Å²) in [5, 5.41) is 18.4. The standard InChI is InChI=1S/C37H40F2N8O5/c1-3-34(25(2)48)47-36(50)46(24-42-47)30-7-5-28(6-8-30)43-14-15-45(35(49)18-43)29-9-11-31(12-10-29)51-19-26-17-37(52-20-26,21-44-23-40-22-41-44)32-13-4-27(38)16-33(32)39/h4-13,16,22-26,34,48H,3,14-15,17-21H2,1-2H3/t25-,26+,34-,37-/m0/s1/i9D,10D,11D,12D. The molecule has 2 saturated heterocycles. The lowest BCUT2D eigenvalue weighted by Gasteiger charge is -2.35. The third kappa shape index (κ3) is 7.05. The number of anilines is 2. The quantitative estimate of drug-likeness (QED) is 0.203. The van der Waals surface area contributed by atoms with Crippen molar-refractivity contribution in [3.63, 3.8) is 0 Å². The number of rotatable bonds is 12. The number of halogens is 2. The number of aromatic nitrogens is 6. The van der Waals surface area contributed by atoms with Crippen LogP contribution in [0.2, 0.25) is 0 Å². The van der Waals surface area contributed by atoms with E-state index in [0.29, 0.717) is 24.3 Å². The Hall–Kier alpha value is -5.41. The molecule has 3 aromatic carbocycles. The molecule has 4 heterocycles. The topological polar surface area (TPSA) is 133 Å². The molecule has 0 saturated carbocycles. The van der Waals surface area contributed by atoms with Crippen molar-refractivity contribution in [2.75, 3.05) is 42.6 Å². The van der Waals surface area contributed by atoms with E-state index in [4.69, 9.17) is 15.0 Å². The summed E-state index contributed by atoms with van der Waals surface area (Å²) in [6.45, 7) is 3.85. The van der Waals surface area contributed by atoms with Gasteiger partial charge in [0.15, 0.2) is 0 Å². The zero-order valence-electron chi connectivity index (χ0n) is 32.6. The number of nitrogens with zero attached hydrogens (tertiary/aromatic N) is 8. The maximum atomic E-state index is 15.1. The Kier molecular flexibility index (Phi) is 8.53. The van der Waals surface area contributed by atoms with Crippen molar-refractivity contribution in [3.05, 3.63) is 113 Å². The maximum absolute atomic E-state index is 15.1. The Morgan fingerprint density at radius 2 is 1.81 bits per heavy atom. The zero-order valence-corrected chi connectivity index (χ0v) is 28.6. The van der Waals surface area contributed by atoms with Crippen LogP contribution in [0, 0.1) is 17.6 Å². The molecule has 2 aliphatic rings. The second kappa shape index (κ2) is 14.7. The molecule has 0 bridgehead atoms. The van der Waals surface area contributed by atoms with E-state index in [-0.39, 0.29) is 62.2 Å². The largest absolute Gasteiger partial charge is 0.493 e. The number of carbonyl (C=O) groups excluding carboxylic acids is 1. The lowest BCUT2D eigenvalue weighted by molar-refractivity contribution is -0.117. The molecule has 7 rings (SSSR count). The van der Waals surface area contributed by atoms with E-state index in [1.165, 1.54) is 43.9 Å². The SMILES string of the molecule is [2H]c1c([2H])c(N2CCN(c3ccc(-n4cnn([C@@H](CC)[C@H](C)O)c4=O)cc3)CC2=O)c([2H])c([2H])c1OC[C@@H]1CO[C@@](Cn2cncn2)(c2ccc(F)cc2F)C1. The molecule has 0 aliphatic carbocycles. The summed E-state index contributed by atoms with van der Waals surface area (Å²) < 4.78 is 80.1. The van der Waals surface area contributed by atoms with Gasteiger partial charge in [-0.05, 0) is 74.3 Å². The molecule has 1 N–H and O–H groups in total. The number of hydrogen-bond donors (Lipinski definition) is 1. The number of piperazine rings is 1. The fourth-order valence-corrected chi connectivity index (χ4v) is 6.88. The fourth-order valence-electron chi connectivity index (χ4n) is 6.88. The molecule has 0 radical (unpaired) electrons. The summed E-state index contributed by atoms with van der Waals surface area (Å²) in [5.41, 5.74) is -0.414. The molecular formula is C37H40F2N8O5. The number of carbonyl (C=O) groups is 1. The van der Waals surface area contributed by atoms with Crippen molar-refractivity contribution >= 4 is 17.3 Å². The molecule has 2 fully saturated rings. The van der Waals surface area contributed by atoms with Gasteiger partial charge < -0.3 is 24.4 Å². The molecule has 4 atom stereocenters. The summed E-state index contributed by atoms with van der Waals surface area (Å²) in [5.74, 6) is -2.63. The molecule has 52 heavy (non-hydrogen) atoms. The first-order valence-electron chi connectivity index (χ1n) is 19.0. The summed E-state index contributed by atoms with van der Waals surface area (Å²) >= 11 is 0. The molecule has 15 heteroatoms. The van der Waals surface area contributed by atoms with Gasteiger partial charge in [0.05, 0.1) is 49.6 Å². The molecule has 0 spiro atoms. The van der Waals surface area contributed by atoms with Gasteiger partial charge in [0.1, 0.15) is 42.0 Å². The van der Waals surface area contributed by atoms with E-state index in [2.05, 4.69) is 15.2 Å². The van der Waals surface area contributed by atoms with Gasteiger partial charge in [0, 0.05) is 42.0 Å². The molecule has 2 aliphatic heterocycles. The monoisotopic (exact) mass is 718 g/mol. The van der Waals surface area contributed by atoms with Crippen LogP contribution in [0.15, 0.2) is 90.4 Å². The van der Waals surface area contributed by atoms with Crippen LogP contribution in [0.4, 0.5) is 20.2 Å². The third-order valence-corrected chi connectivity index (χ3v) is 9.54. The fraction of sp³-hybridized carbons (Fsp3) is 0.378. The van der Waals surface area contributed by atoms with Gasteiger partial charge in [0.2, 0.25) is 5.91 Å². The van der Waals surface area contributed by atoms with Crippen LogP contribution in [0.1, 0.15) is 43.8 Å². The molecule has 272 valence electrons. The highest BCUT2D eigenvalue weighted by molar-refractivity contribution is 5.97. The van der Waals surface area contributed by atoms with Crippen molar-refractivity contribution in [3.8, 4) is 11.4 Å². The smallest absolute Gasteiger partial charge is 0.350 e. The summed E-state index contributed by atoms with van der Waals surface area (Å²) in [7, 11) is 0. The minimum Gasteiger partial charge on any atom is -0.493 e. The van der Waals surface area contributed by atoms with Crippen LogP contribution in [0.25, 0.3) is 5.69 Å². The van der Waals surface area contributed by atoms with Crippen LogP contribution >= 0.6 is 0 Å². The Morgan fingerprint density at radius 3 is 2.48 bits per heavy atom. The highest BCUT2D eigenvalue weighted by Crippen LogP contribution is 2.42. The van der Waals surface area contributed by atoms with Crippen molar-refractivity contribution < 1.29 is 33.6 Å². The highest BCUT2D eigenvalue weighted by Gasteiger charge is 2.44. The van der Waals surface area contributed by atoms with E-state index >= 15 is 4.39 Å². The van der Waals surface area contributed by atoms with Crippen LogP contribution in [0.5, 0.6) is 5.75 Å². The Bertz CT molecular complexity index is 2260. The van der Waals surface area contributed by atoms with E-state index in [0.717, 1.165) is 12.1 Å². The van der Waals surface area contributed by atoms with E-state index in [1.54, 1.807) is 31.2 Å². The first kappa shape index (κ1) is 30.2. The van der Waals surface area contributed by atoms with Crippen molar-refractivity contribution in [2.24, 2.45) is 5.92 Å². The minimum absolute atomic E-state index is 0.0767. The summed E-state index contributed by atoms with van der Waals surface area (Å²) in [6.07, 6.45) is 4.16. The zero-order chi connectivity index (χ0) is 39.9. The van der Waals surface area contributed by atoms with Gasteiger partial charge in [-0.1, -0.05) is 13.0 Å². The van der Waals surface area contributed by atoms with Crippen LogP contribution in [-0.2, 0) is 21.7 Å². The van der Waals surface area contributed by atoms with Gasteiger partial charge in [-0.3, -0.25) is 4.79 Å². The molecule has 13 nitrogen and oxygen atoms in total. The molecule has 2 aromatic heterocycles. The molecule has 0 unspecified atom stereocenters. The van der Waals surface area contributed by atoms with E-state index in [9.17, 15) is 19.1 Å². The van der Waals surface area contributed by atoms with E-state index < -0.39 is 65.1 Å². The maximum Gasteiger partial charge on any atom is 0.350 e. The predicted octanol–water partition coefficient (Wildman–Crippen LogP) is 4.10. The van der Waals surface area contributed by atoms with Crippen molar-refractivity contribution in [1.29, 1.82) is 0 Å². The number of aliphatic hydroxyl groups is 1. The molecule has 5 aromatic rings. The lowest BCUT2D eigenvalue weighted by atomic mass is 9.87. The summed E-state index contributed by atoms with van der Waals surface area (Å²) in [4.78, 5) is 33.6. The minimum atomic E-state index is -1.25. The predicted molar refractivity (Wildman–Crippen MR) is 187 cm³/mol. The Labute approximate surface area is 304 Å². The second-order valence-corrected chi connectivity index (χ2v) is 13.0. The molecular weight excluding hydrogens is 674 g/mol. The summed E-state index contributed by atoms with van der Waals surface area (Å²) in [6, 6.07) is 7.98. The first-order valence-corrected chi connectivity index (χ1v) is 17.0. The molecule has 1 amide bonds. The van der Waals surface area contributed by atoms with E-state index in [1.807, 2.05) is 11.8 Å². The van der Waals surface area contributed by atoms with Gasteiger partial charge in [0.25, 0.3) is 0 Å². The Balaban J connectivity index is 1.03. The number of amides is 1. The average Bonchev–Trinajstić information content (AvgIpc) is 3.93. The number of benzene rings is 3. The van der Waals surface area contributed by atoms with Crippen molar-refractivity contribution in [2.45, 2.75) is 51.0 Å². The van der Waals surface area contributed by atoms with Crippen molar-refractivity contribution in [1.82, 2.24) is 29.1 Å².